The van der Waals surface area contributed by atoms with Gasteiger partial charge in [-0.1, -0.05) is 25.4 Å². The fraction of sp³-hybridized carbons (Fsp3) is 0.300. The number of nitriles is 1. The van der Waals surface area contributed by atoms with Crippen LogP contribution in [-0.2, 0) is 0 Å². The maximum absolute atomic E-state index is 12.5. The molecule has 6 nitrogen and oxygen atoms in total. The van der Waals surface area contributed by atoms with Crippen molar-refractivity contribution in [1.29, 1.82) is 5.26 Å². The molecule has 0 aliphatic carbocycles. The lowest BCUT2D eigenvalue weighted by molar-refractivity contribution is 0.102. The van der Waals surface area contributed by atoms with E-state index in [1.165, 1.54) is 7.11 Å². The van der Waals surface area contributed by atoms with Crippen LogP contribution < -0.4 is 19.5 Å². The first-order valence-corrected chi connectivity index (χ1v) is 8.74. The third kappa shape index (κ3) is 5.80. The highest BCUT2D eigenvalue weighted by Gasteiger charge is 2.16. The molecule has 0 bridgehead atoms. The Balaban J connectivity index is 2.14. The lowest BCUT2D eigenvalue weighted by Crippen LogP contribution is -2.13. The van der Waals surface area contributed by atoms with Crippen molar-refractivity contribution in [2.45, 2.75) is 13.8 Å². The molecule has 0 fully saturated rings. The van der Waals surface area contributed by atoms with Gasteiger partial charge in [0.1, 0.15) is 11.8 Å². The molecule has 0 atom stereocenters. The van der Waals surface area contributed by atoms with Crippen LogP contribution in [0.2, 0.25) is 5.02 Å². The lowest BCUT2D eigenvalue weighted by Gasteiger charge is -2.15. The molecule has 142 valence electrons. The second-order valence-electron chi connectivity index (χ2n) is 6.12. The number of hydrogen-bond acceptors (Lipinski definition) is 5. The first kappa shape index (κ1) is 20.4. The second-order valence-corrected chi connectivity index (χ2v) is 6.53. The fourth-order valence-corrected chi connectivity index (χ4v) is 2.46. The average molecular weight is 389 g/mol. The SMILES string of the molecule is COc1cc(C(=O)Nc2ccc(OCC#N)cc2)cc(Cl)c1OCC(C)C. The molecule has 2 aromatic rings. The molecule has 0 spiro atoms. The third-order valence-corrected chi connectivity index (χ3v) is 3.75. The third-order valence-electron chi connectivity index (χ3n) is 3.47. The molecule has 0 heterocycles. The zero-order valence-corrected chi connectivity index (χ0v) is 16.2. The number of hydrogen-bond donors (Lipinski definition) is 1. The molecule has 0 saturated heterocycles. The molecular weight excluding hydrogens is 368 g/mol. The molecule has 2 rings (SSSR count). The summed E-state index contributed by atoms with van der Waals surface area (Å²) in [6.45, 7) is 4.51. The number of amides is 1. The Bertz CT molecular complexity index is 829. The number of nitrogens with zero attached hydrogens (tertiary/aromatic N) is 1. The minimum absolute atomic E-state index is 0.0325. The summed E-state index contributed by atoms with van der Waals surface area (Å²) in [4.78, 5) is 12.5. The van der Waals surface area contributed by atoms with Crippen LogP contribution in [0.5, 0.6) is 17.2 Å². The van der Waals surface area contributed by atoms with E-state index < -0.39 is 0 Å². The summed E-state index contributed by atoms with van der Waals surface area (Å²) in [5, 5.41) is 11.6. The molecule has 0 aliphatic rings. The second kappa shape index (κ2) is 9.70. The molecule has 27 heavy (non-hydrogen) atoms. The summed E-state index contributed by atoms with van der Waals surface area (Å²) in [6.07, 6.45) is 0. The average Bonchev–Trinajstić information content (AvgIpc) is 2.65. The van der Waals surface area contributed by atoms with Gasteiger partial charge in [-0.3, -0.25) is 4.79 Å². The Morgan fingerprint density at radius 3 is 2.52 bits per heavy atom. The van der Waals surface area contributed by atoms with E-state index in [1.54, 1.807) is 36.4 Å². The number of anilines is 1. The number of carbonyl (C=O) groups is 1. The van der Waals surface area contributed by atoms with Gasteiger partial charge in [0.05, 0.1) is 18.7 Å². The van der Waals surface area contributed by atoms with E-state index >= 15 is 0 Å². The van der Waals surface area contributed by atoms with Crippen molar-refractivity contribution in [1.82, 2.24) is 0 Å². The number of halogens is 1. The Morgan fingerprint density at radius 1 is 1.22 bits per heavy atom. The van der Waals surface area contributed by atoms with Crippen molar-refractivity contribution in [3.8, 4) is 23.3 Å². The Morgan fingerprint density at radius 2 is 1.93 bits per heavy atom. The molecule has 0 unspecified atom stereocenters. The predicted molar refractivity (Wildman–Crippen MR) is 104 cm³/mol. The number of carbonyl (C=O) groups excluding carboxylic acids is 1. The smallest absolute Gasteiger partial charge is 0.255 e. The highest BCUT2D eigenvalue weighted by Crippen LogP contribution is 2.37. The molecule has 0 aromatic heterocycles. The van der Waals surface area contributed by atoms with E-state index in [1.807, 2.05) is 19.9 Å². The summed E-state index contributed by atoms with van der Waals surface area (Å²) >= 11 is 6.29. The van der Waals surface area contributed by atoms with Crippen LogP contribution in [0.3, 0.4) is 0 Å². The van der Waals surface area contributed by atoms with Gasteiger partial charge in [0.15, 0.2) is 18.1 Å². The number of benzene rings is 2. The van der Waals surface area contributed by atoms with Gasteiger partial charge in [0.2, 0.25) is 0 Å². The van der Waals surface area contributed by atoms with Crippen LogP contribution in [0.15, 0.2) is 36.4 Å². The maximum atomic E-state index is 12.5. The fourth-order valence-electron chi connectivity index (χ4n) is 2.19. The van der Waals surface area contributed by atoms with Crippen molar-refractivity contribution in [3.63, 3.8) is 0 Å². The summed E-state index contributed by atoms with van der Waals surface area (Å²) in [5.41, 5.74) is 0.929. The van der Waals surface area contributed by atoms with E-state index in [0.717, 1.165) is 0 Å². The van der Waals surface area contributed by atoms with Crippen molar-refractivity contribution < 1.29 is 19.0 Å². The van der Waals surface area contributed by atoms with Gasteiger partial charge in [0.25, 0.3) is 5.91 Å². The molecule has 0 aliphatic heterocycles. The van der Waals surface area contributed by atoms with E-state index in [4.69, 9.17) is 31.1 Å². The quantitative estimate of drug-likeness (QED) is 0.718. The summed E-state index contributed by atoms with van der Waals surface area (Å²) in [7, 11) is 1.50. The zero-order chi connectivity index (χ0) is 19.8. The van der Waals surface area contributed by atoms with Crippen LogP contribution in [0.1, 0.15) is 24.2 Å². The topological polar surface area (TPSA) is 80.6 Å². The van der Waals surface area contributed by atoms with Crippen LogP contribution in [0.4, 0.5) is 5.69 Å². The number of rotatable bonds is 8. The van der Waals surface area contributed by atoms with Crippen molar-refractivity contribution >= 4 is 23.2 Å². The number of methoxy groups -OCH3 is 1. The molecule has 0 radical (unpaired) electrons. The van der Waals surface area contributed by atoms with Crippen molar-refractivity contribution in [2.75, 3.05) is 25.6 Å². The van der Waals surface area contributed by atoms with Gasteiger partial charge in [-0.25, -0.2) is 0 Å². The Kier molecular flexibility index (Phi) is 7.33. The normalized spacial score (nSPS) is 10.2. The minimum Gasteiger partial charge on any atom is -0.493 e. The largest absolute Gasteiger partial charge is 0.493 e. The summed E-state index contributed by atoms with van der Waals surface area (Å²) in [6, 6.07) is 11.7. The maximum Gasteiger partial charge on any atom is 0.255 e. The van der Waals surface area contributed by atoms with Crippen LogP contribution in [-0.4, -0.2) is 26.2 Å². The van der Waals surface area contributed by atoms with Gasteiger partial charge < -0.3 is 19.5 Å². The zero-order valence-electron chi connectivity index (χ0n) is 15.4. The highest BCUT2D eigenvalue weighted by molar-refractivity contribution is 6.32. The number of ether oxygens (including phenoxy) is 3. The number of nitrogens with one attached hydrogen (secondary N) is 1. The first-order chi connectivity index (χ1) is 12.9. The van der Waals surface area contributed by atoms with Gasteiger partial charge in [-0.15, -0.1) is 0 Å². The molecular formula is C20H21ClN2O4. The summed E-state index contributed by atoms with van der Waals surface area (Å²) in [5.74, 6) is 1.35. The Hall–Kier alpha value is -2.91. The predicted octanol–water partition coefficient (Wildman–Crippen LogP) is 4.54. The first-order valence-electron chi connectivity index (χ1n) is 8.36. The standard InChI is InChI=1S/C20H21ClN2O4/c1-13(2)12-27-19-17(21)10-14(11-18(19)25-3)20(24)23-15-4-6-16(7-5-15)26-9-8-22/h4-7,10-11,13H,9,12H2,1-3H3,(H,23,24). The Labute approximate surface area is 163 Å². The van der Waals surface area contributed by atoms with Crippen LogP contribution in [0.25, 0.3) is 0 Å². The van der Waals surface area contributed by atoms with Crippen molar-refractivity contribution in [3.05, 3.63) is 47.0 Å². The summed E-state index contributed by atoms with van der Waals surface area (Å²) < 4.78 is 16.2. The van der Waals surface area contributed by atoms with Gasteiger partial charge in [-0.2, -0.15) is 5.26 Å². The molecule has 7 heteroatoms. The molecule has 1 amide bonds. The van der Waals surface area contributed by atoms with Crippen LogP contribution >= 0.6 is 11.6 Å². The van der Waals surface area contributed by atoms with Crippen LogP contribution in [0, 0.1) is 17.2 Å². The molecule has 1 N–H and O–H groups in total. The van der Waals surface area contributed by atoms with Crippen molar-refractivity contribution in [2.24, 2.45) is 5.92 Å². The minimum atomic E-state index is -0.337. The molecule has 0 saturated carbocycles. The van der Waals surface area contributed by atoms with E-state index in [9.17, 15) is 4.79 Å². The van der Waals surface area contributed by atoms with Gasteiger partial charge in [0, 0.05) is 11.3 Å². The molecule has 2 aromatic carbocycles. The monoisotopic (exact) mass is 388 g/mol. The van der Waals surface area contributed by atoms with E-state index in [-0.39, 0.29) is 12.5 Å². The van der Waals surface area contributed by atoms with E-state index in [0.29, 0.717) is 46.0 Å². The van der Waals surface area contributed by atoms with Gasteiger partial charge >= 0.3 is 0 Å². The highest BCUT2D eigenvalue weighted by atomic mass is 35.5. The van der Waals surface area contributed by atoms with Gasteiger partial charge in [-0.05, 0) is 42.3 Å². The van der Waals surface area contributed by atoms with E-state index in [2.05, 4.69) is 5.32 Å². The lowest BCUT2D eigenvalue weighted by atomic mass is 10.1.